The Labute approximate surface area is 211 Å². The monoisotopic (exact) mass is 550 g/mol. The highest BCUT2D eigenvalue weighted by atomic mass is 35.5. The number of halogens is 8. The van der Waals surface area contributed by atoms with Crippen LogP contribution >= 0.6 is 23.2 Å². The molecule has 0 amide bonds. The second-order valence-electron chi connectivity index (χ2n) is 9.59. The van der Waals surface area contributed by atoms with E-state index in [2.05, 4.69) is 5.16 Å². The van der Waals surface area contributed by atoms with Crippen LogP contribution in [0, 0.1) is 17.3 Å². The van der Waals surface area contributed by atoms with E-state index < -0.39 is 41.9 Å². The van der Waals surface area contributed by atoms with Crippen LogP contribution in [0.4, 0.5) is 26.3 Å². The molecule has 1 N–H and O–H groups in total. The van der Waals surface area contributed by atoms with Crippen LogP contribution in [0.1, 0.15) is 53.4 Å². The summed E-state index contributed by atoms with van der Waals surface area (Å²) in [7, 11) is 1.10. The molecule has 0 aromatic rings. The summed E-state index contributed by atoms with van der Waals surface area (Å²) in [5.74, 6) is -1.47. The van der Waals surface area contributed by atoms with Crippen LogP contribution in [0.15, 0.2) is 39.1 Å². The minimum atomic E-state index is -4.89. The molecule has 0 fully saturated rings. The van der Waals surface area contributed by atoms with Gasteiger partial charge in [-0.25, -0.2) is 0 Å². The second-order valence-corrected chi connectivity index (χ2v) is 10.6. The third-order valence-electron chi connectivity index (χ3n) is 6.59. The predicted molar refractivity (Wildman–Crippen MR) is 124 cm³/mol. The number of hydrogen-bond acceptors (Lipinski definition) is 4. The molecule has 0 saturated heterocycles. The Morgan fingerprint density at radius 2 is 1.89 bits per heavy atom. The number of nitrogens with zero attached hydrogens (tertiary/aromatic N) is 2. The normalized spacial score (nSPS) is 30.4. The number of allylic oxidation sites excluding steroid dienone is 5. The first-order chi connectivity index (χ1) is 15.9. The van der Waals surface area contributed by atoms with Crippen LogP contribution in [0.5, 0.6) is 0 Å². The van der Waals surface area contributed by atoms with E-state index >= 15 is 0 Å². The first-order valence-electron chi connectivity index (χ1n) is 11.1. The summed E-state index contributed by atoms with van der Waals surface area (Å²) in [6.07, 6.45) is -8.54. The van der Waals surface area contributed by atoms with E-state index in [1.165, 1.54) is 19.1 Å². The fourth-order valence-electron chi connectivity index (χ4n) is 4.81. The smallest absolute Gasteiger partial charge is 0.378 e. The molecular weight excluding hydrogens is 521 g/mol. The van der Waals surface area contributed by atoms with Gasteiger partial charge in [-0.05, 0) is 38.2 Å². The van der Waals surface area contributed by atoms with Crippen molar-refractivity contribution in [1.82, 2.24) is 4.90 Å². The predicted octanol–water partition coefficient (Wildman–Crippen LogP) is 7.49. The van der Waals surface area contributed by atoms with Crippen LogP contribution in [0.2, 0.25) is 0 Å². The van der Waals surface area contributed by atoms with Crippen molar-refractivity contribution >= 4 is 28.9 Å². The lowest BCUT2D eigenvalue weighted by atomic mass is 9.67. The molecule has 12 heteroatoms. The highest BCUT2D eigenvalue weighted by Gasteiger charge is 2.65. The summed E-state index contributed by atoms with van der Waals surface area (Å²) in [6, 6.07) is 0. The van der Waals surface area contributed by atoms with Gasteiger partial charge >= 0.3 is 12.4 Å². The van der Waals surface area contributed by atoms with E-state index in [-0.39, 0.29) is 35.2 Å². The van der Waals surface area contributed by atoms with Crippen molar-refractivity contribution in [2.45, 2.75) is 77.6 Å². The molecule has 0 aromatic carbocycles. The Balaban J connectivity index is 2.41. The Hall–Kier alpha value is -1.39. The molecule has 1 aliphatic heterocycles. The molecule has 35 heavy (non-hydrogen) atoms. The van der Waals surface area contributed by atoms with E-state index in [0.29, 0.717) is 16.4 Å². The van der Waals surface area contributed by atoms with Crippen molar-refractivity contribution in [3.8, 4) is 0 Å². The van der Waals surface area contributed by atoms with Gasteiger partial charge in [0.25, 0.3) is 0 Å². The molecule has 4 nitrogen and oxygen atoms in total. The summed E-state index contributed by atoms with van der Waals surface area (Å²) in [5.41, 5.74) is -3.43. The summed E-state index contributed by atoms with van der Waals surface area (Å²) in [4.78, 5) is 5.87. The highest BCUT2D eigenvalue weighted by Crippen LogP contribution is 2.52. The maximum Gasteiger partial charge on any atom is 0.433 e. The van der Waals surface area contributed by atoms with Gasteiger partial charge in [-0.3, -0.25) is 0 Å². The van der Waals surface area contributed by atoms with Crippen LogP contribution in [-0.2, 0) is 4.84 Å². The van der Waals surface area contributed by atoms with Gasteiger partial charge in [0, 0.05) is 40.6 Å². The van der Waals surface area contributed by atoms with Crippen LogP contribution in [0.25, 0.3) is 0 Å². The lowest BCUT2D eigenvalue weighted by molar-refractivity contribution is -0.283. The topological polar surface area (TPSA) is 45.1 Å². The zero-order chi connectivity index (χ0) is 27.0. The molecule has 5 atom stereocenters. The van der Waals surface area contributed by atoms with Crippen molar-refractivity contribution in [3.63, 3.8) is 0 Å². The fourth-order valence-corrected chi connectivity index (χ4v) is 5.30. The molecule has 200 valence electrons. The molecule has 1 heterocycles. The van der Waals surface area contributed by atoms with Crippen molar-refractivity contribution in [3.05, 3.63) is 34.0 Å². The molecule has 0 radical (unpaired) electrons. The summed E-state index contributed by atoms with van der Waals surface area (Å²) >= 11 is 11.9. The molecule has 2 aliphatic rings. The van der Waals surface area contributed by atoms with Crippen molar-refractivity contribution in [2.24, 2.45) is 22.4 Å². The van der Waals surface area contributed by atoms with Gasteiger partial charge in [-0.2, -0.15) is 26.3 Å². The zero-order valence-corrected chi connectivity index (χ0v) is 21.6. The molecule has 0 spiro atoms. The second kappa shape index (κ2) is 10.5. The maximum atomic E-state index is 14.5. The van der Waals surface area contributed by atoms with Crippen LogP contribution in [-0.4, -0.2) is 46.9 Å². The SMILES string of the molecule is CC[C@@H](/C=C(Cl)\C=C(/C)Cl)C1(C(F)(F)F)CC([C@@]2(C)CC(N(C)C(O)C(F)(F)F)=CC(C)C2)=NO1. The van der Waals surface area contributed by atoms with Crippen molar-refractivity contribution < 1.29 is 36.3 Å². The van der Waals surface area contributed by atoms with E-state index in [9.17, 15) is 31.4 Å². The Bertz CT molecular complexity index is 911. The average Bonchev–Trinajstić information content (AvgIpc) is 3.16. The lowest BCUT2D eigenvalue weighted by Crippen LogP contribution is -2.52. The molecule has 0 saturated carbocycles. The first-order valence-corrected chi connectivity index (χ1v) is 11.8. The number of hydrogen-bond donors (Lipinski definition) is 1. The van der Waals surface area contributed by atoms with Gasteiger partial charge in [-0.1, -0.05) is 61.3 Å². The number of alkyl halides is 6. The zero-order valence-electron chi connectivity index (χ0n) is 20.1. The number of aliphatic hydroxyl groups excluding tert-OH is 1. The molecular formula is C23H30Cl2F6N2O2. The quantitative estimate of drug-likeness (QED) is 0.203. The number of oxime groups is 1. The maximum absolute atomic E-state index is 14.5. The van der Waals surface area contributed by atoms with E-state index in [0.717, 1.165) is 7.05 Å². The van der Waals surface area contributed by atoms with Gasteiger partial charge in [0.2, 0.25) is 11.8 Å². The Kier molecular flexibility index (Phi) is 8.98. The average molecular weight is 551 g/mol. The minimum absolute atomic E-state index is 0.0236. The van der Waals surface area contributed by atoms with Crippen molar-refractivity contribution in [2.75, 3.05) is 7.05 Å². The number of aliphatic hydroxyl groups is 1. The third kappa shape index (κ3) is 6.49. The summed E-state index contributed by atoms with van der Waals surface area (Å²) in [5, 5.41) is 13.9. The molecule has 0 aromatic heterocycles. The standard InChI is InChI=1S/C23H30Cl2F6N2O2/c1-6-15(9-16(25)8-14(3)24)21(23(29,30)31)12-18(32-35-21)20(4)10-13(2)7-17(11-20)33(5)19(34)22(26,27)28/h7-9,13,15,19,34H,6,10-12H2,1-5H3/b14-8+,16-9+/t13?,15-,19?,20+,21?/m0/s1. The summed E-state index contributed by atoms with van der Waals surface area (Å²) in [6.45, 7) is 6.50. The largest absolute Gasteiger partial charge is 0.433 e. The minimum Gasteiger partial charge on any atom is -0.378 e. The van der Waals surface area contributed by atoms with Gasteiger partial charge in [0.1, 0.15) is 0 Å². The molecule has 2 rings (SSSR count). The molecule has 0 bridgehead atoms. The van der Waals surface area contributed by atoms with Crippen molar-refractivity contribution in [1.29, 1.82) is 0 Å². The van der Waals surface area contributed by atoms with Gasteiger partial charge < -0.3 is 14.8 Å². The van der Waals surface area contributed by atoms with Gasteiger partial charge in [0.15, 0.2) is 0 Å². The third-order valence-corrected chi connectivity index (χ3v) is 6.94. The molecule has 3 unspecified atom stereocenters. The Morgan fingerprint density at radius 3 is 2.37 bits per heavy atom. The fraction of sp³-hybridized carbons (Fsp3) is 0.696. The van der Waals surface area contributed by atoms with Crippen LogP contribution in [0.3, 0.4) is 0 Å². The number of rotatable bonds is 7. The van der Waals surface area contributed by atoms with E-state index in [1.54, 1.807) is 26.8 Å². The molecule has 1 aliphatic carbocycles. The van der Waals surface area contributed by atoms with Crippen LogP contribution < -0.4 is 0 Å². The first kappa shape index (κ1) is 29.8. The van der Waals surface area contributed by atoms with E-state index in [1.807, 2.05) is 0 Å². The van der Waals surface area contributed by atoms with Gasteiger partial charge in [0.05, 0.1) is 5.71 Å². The lowest BCUT2D eigenvalue weighted by Gasteiger charge is -2.41. The van der Waals surface area contributed by atoms with E-state index in [4.69, 9.17) is 28.0 Å². The summed E-state index contributed by atoms with van der Waals surface area (Å²) < 4.78 is 82.6. The Morgan fingerprint density at radius 1 is 1.29 bits per heavy atom. The highest BCUT2D eigenvalue weighted by molar-refractivity contribution is 6.34. The van der Waals surface area contributed by atoms with Gasteiger partial charge in [-0.15, -0.1) is 0 Å².